The highest BCUT2D eigenvalue weighted by molar-refractivity contribution is 6.35. The number of anilines is 1. The highest BCUT2D eigenvalue weighted by Crippen LogP contribution is 2.23. The molecule has 3 heterocycles. The van der Waals surface area contributed by atoms with Crippen molar-refractivity contribution in [1.82, 2.24) is 14.9 Å². The molecule has 0 atom stereocenters. The molecule has 1 saturated heterocycles. The predicted octanol–water partition coefficient (Wildman–Crippen LogP) is 3.85. The van der Waals surface area contributed by atoms with Crippen LogP contribution in [0, 0.1) is 0 Å². The molecule has 0 saturated carbocycles. The molecule has 0 bridgehead atoms. The number of piperidine rings is 1. The molecule has 0 amide bonds. The third kappa shape index (κ3) is 4.56. The van der Waals surface area contributed by atoms with E-state index in [-0.39, 0.29) is 6.10 Å². The van der Waals surface area contributed by atoms with Gasteiger partial charge in [0, 0.05) is 38.4 Å². The fraction of sp³-hybridized carbons (Fsp3) is 0.333. The van der Waals surface area contributed by atoms with Crippen molar-refractivity contribution in [2.75, 3.05) is 18.4 Å². The number of nitrogens with one attached hydrogen (secondary N) is 1. The average molecular weight is 383 g/mol. The monoisotopic (exact) mass is 382 g/mol. The van der Waals surface area contributed by atoms with Gasteiger partial charge in [-0.05, 0) is 36.1 Å². The number of aromatic nitrogens is 2. The zero-order valence-corrected chi connectivity index (χ0v) is 15.9. The van der Waals surface area contributed by atoms with Crippen molar-refractivity contribution < 1.29 is 5.11 Å². The molecular formula is C21H23ClN4O. The molecule has 1 aliphatic rings. The fourth-order valence-electron chi connectivity index (χ4n) is 3.40. The summed E-state index contributed by atoms with van der Waals surface area (Å²) >= 11 is 6.30. The number of aliphatic hydroxyl groups is 1. The molecule has 0 spiro atoms. The Balaban J connectivity index is 1.36. The largest absolute Gasteiger partial charge is 0.393 e. The summed E-state index contributed by atoms with van der Waals surface area (Å²) in [6.07, 6.45) is 3.34. The Morgan fingerprint density at radius 3 is 2.63 bits per heavy atom. The van der Waals surface area contributed by atoms with Gasteiger partial charge >= 0.3 is 0 Å². The van der Waals surface area contributed by atoms with Crippen LogP contribution in [0.1, 0.15) is 24.0 Å². The number of likely N-dealkylation sites (tertiary alicyclic amines) is 1. The summed E-state index contributed by atoms with van der Waals surface area (Å²) in [5.74, 6) is 0.747. The Labute approximate surface area is 164 Å². The van der Waals surface area contributed by atoms with E-state index in [0.717, 1.165) is 49.3 Å². The summed E-state index contributed by atoms with van der Waals surface area (Å²) in [6, 6.07) is 14.2. The number of hydrogen-bond donors (Lipinski definition) is 2. The smallest absolute Gasteiger partial charge is 0.128 e. The number of hydrogen-bond acceptors (Lipinski definition) is 5. The topological polar surface area (TPSA) is 61.3 Å². The lowest BCUT2D eigenvalue weighted by molar-refractivity contribution is 0.0792. The van der Waals surface area contributed by atoms with Gasteiger partial charge in [-0.25, -0.2) is 4.98 Å². The highest BCUT2D eigenvalue weighted by Gasteiger charge is 2.16. The maximum atomic E-state index is 9.61. The second kappa shape index (κ2) is 8.21. The van der Waals surface area contributed by atoms with Crippen molar-refractivity contribution in [3.8, 4) is 0 Å². The molecule has 1 aliphatic heterocycles. The van der Waals surface area contributed by atoms with Crippen LogP contribution in [0.2, 0.25) is 5.02 Å². The minimum absolute atomic E-state index is 0.122. The maximum Gasteiger partial charge on any atom is 0.128 e. The molecule has 0 aliphatic carbocycles. The normalized spacial score (nSPS) is 15.9. The van der Waals surface area contributed by atoms with Crippen molar-refractivity contribution in [2.24, 2.45) is 0 Å². The Morgan fingerprint density at radius 1 is 1.11 bits per heavy atom. The van der Waals surface area contributed by atoms with Crippen LogP contribution in [0.5, 0.6) is 0 Å². The van der Waals surface area contributed by atoms with Gasteiger partial charge in [-0.1, -0.05) is 35.9 Å². The van der Waals surface area contributed by atoms with E-state index in [1.165, 1.54) is 11.1 Å². The number of fused-ring (bicyclic) bond motifs is 1. The van der Waals surface area contributed by atoms with Crippen LogP contribution in [-0.4, -0.2) is 39.2 Å². The number of nitrogens with zero attached hydrogens (tertiary/aromatic N) is 3. The summed E-state index contributed by atoms with van der Waals surface area (Å²) in [7, 11) is 0. The van der Waals surface area contributed by atoms with Gasteiger partial charge in [0.15, 0.2) is 0 Å². The molecule has 6 heteroatoms. The van der Waals surface area contributed by atoms with Crippen LogP contribution >= 0.6 is 11.6 Å². The number of rotatable bonds is 5. The van der Waals surface area contributed by atoms with Crippen molar-refractivity contribution in [1.29, 1.82) is 0 Å². The first-order chi connectivity index (χ1) is 13.2. The number of aliphatic hydroxyl groups excluding tert-OH is 1. The first-order valence-electron chi connectivity index (χ1n) is 9.31. The maximum absolute atomic E-state index is 9.61. The van der Waals surface area contributed by atoms with E-state index in [0.29, 0.717) is 11.6 Å². The lowest BCUT2D eigenvalue weighted by Gasteiger charge is -2.29. The second-order valence-electron chi connectivity index (χ2n) is 7.04. The van der Waals surface area contributed by atoms with Crippen LogP contribution in [0.15, 0.2) is 48.7 Å². The Kier molecular flexibility index (Phi) is 5.53. The molecule has 5 nitrogen and oxygen atoms in total. The number of pyridine rings is 2. The van der Waals surface area contributed by atoms with Crippen LogP contribution in [0.25, 0.3) is 11.0 Å². The van der Waals surface area contributed by atoms with Gasteiger partial charge in [0.2, 0.25) is 0 Å². The van der Waals surface area contributed by atoms with Crippen molar-refractivity contribution in [2.45, 2.75) is 32.0 Å². The van der Waals surface area contributed by atoms with E-state index in [1.54, 1.807) is 6.20 Å². The van der Waals surface area contributed by atoms with E-state index in [4.69, 9.17) is 11.6 Å². The summed E-state index contributed by atoms with van der Waals surface area (Å²) in [5.41, 5.74) is 4.00. The standard InChI is InChI=1S/C21H23ClN4O/c22-18-12-20(25-19-2-1-9-23-21(18)19)24-13-15-3-5-16(6-4-15)14-26-10-7-17(27)8-11-26/h1-6,9,12,17,27H,7-8,10-11,13-14H2,(H,24,25). The first kappa shape index (κ1) is 18.2. The summed E-state index contributed by atoms with van der Waals surface area (Å²) in [5, 5.41) is 13.5. The van der Waals surface area contributed by atoms with E-state index in [2.05, 4.69) is 44.5 Å². The molecule has 27 heavy (non-hydrogen) atoms. The van der Waals surface area contributed by atoms with Crippen LogP contribution in [0.4, 0.5) is 5.82 Å². The Hall–Kier alpha value is -2.21. The second-order valence-corrected chi connectivity index (χ2v) is 7.45. The first-order valence-corrected chi connectivity index (χ1v) is 9.68. The quantitative estimate of drug-likeness (QED) is 0.701. The van der Waals surface area contributed by atoms with Gasteiger partial charge in [0.05, 0.1) is 16.6 Å². The van der Waals surface area contributed by atoms with E-state index < -0.39 is 0 Å². The fourth-order valence-corrected chi connectivity index (χ4v) is 3.65. The van der Waals surface area contributed by atoms with Gasteiger partial charge in [-0.3, -0.25) is 9.88 Å². The molecular weight excluding hydrogens is 360 g/mol. The van der Waals surface area contributed by atoms with Gasteiger partial charge in [0.1, 0.15) is 11.3 Å². The van der Waals surface area contributed by atoms with Gasteiger partial charge < -0.3 is 10.4 Å². The summed E-state index contributed by atoms with van der Waals surface area (Å²) in [6.45, 7) is 3.56. The molecule has 1 aromatic carbocycles. The molecule has 0 unspecified atom stereocenters. The van der Waals surface area contributed by atoms with Crippen molar-refractivity contribution in [3.63, 3.8) is 0 Å². The van der Waals surface area contributed by atoms with E-state index in [9.17, 15) is 5.11 Å². The molecule has 0 radical (unpaired) electrons. The molecule has 2 aromatic heterocycles. The molecule has 4 rings (SSSR count). The Bertz CT molecular complexity index is 908. The van der Waals surface area contributed by atoms with Crippen LogP contribution in [0.3, 0.4) is 0 Å². The predicted molar refractivity (Wildman–Crippen MR) is 109 cm³/mol. The number of benzene rings is 1. The number of halogens is 1. The van der Waals surface area contributed by atoms with E-state index in [1.807, 2.05) is 18.2 Å². The average Bonchev–Trinajstić information content (AvgIpc) is 2.69. The third-order valence-corrected chi connectivity index (χ3v) is 5.26. The summed E-state index contributed by atoms with van der Waals surface area (Å²) < 4.78 is 0. The molecule has 3 aromatic rings. The highest BCUT2D eigenvalue weighted by atomic mass is 35.5. The van der Waals surface area contributed by atoms with Crippen molar-refractivity contribution >= 4 is 28.5 Å². The molecule has 2 N–H and O–H groups in total. The third-order valence-electron chi connectivity index (χ3n) is 4.98. The Morgan fingerprint density at radius 2 is 1.85 bits per heavy atom. The van der Waals surface area contributed by atoms with Crippen LogP contribution in [-0.2, 0) is 13.1 Å². The zero-order valence-electron chi connectivity index (χ0n) is 15.1. The molecule has 140 valence electrons. The minimum atomic E-state index is -0.122. The lowest BCUT2D eigenvalue weighted by Crippen LogP contribution is -2.35. The summed E-state index contributed by atoms with van der Waals surface area (Å²) in [4.78, 5) is 11.2. The van der Waals surface area contributed by atoms with Crippen molar-refractivity contribution in [3.05, 3.63) is 64.8 Å². The minimum Gasteiger partial charge on any atom is -0.393 e. The zero-order chi connectivity index (χ0) is 18.6. The van der Waals surface area contributed by atoms with Crippen LogP contribution < -0.4 is 5.32 Å². The van der Waals surface area contributed by atoms with E-state index >= 15 is 0 Å². The van der Waals surface area contributed by atoms with Gasteiger partial charge in [-0.15, -0.1) is 0 Å². The van der Waals surface area contributed by atoms with Gasteiger partial charge in [-0.2, -0.15) is 0 Å². The SMILES string of the molecule is OC1CCN(Cc2ccc(CNc3cc(Cl)c4ncccc4n3)cc2)CC1. The lowest BCUT2D eigenvalue weighted by atomic mass is 10.1. The molecule has 1 fully saturated rings. The van der Waals surface area contributed by atoms with Gasteiger partial charge in [0.25, 0.3) is 0 Å².